The van der Waals surface area contributed by atoms with Gasteiger partial charge in [0.15, 0.2) is 0 Å². The van der Waals surface area contributed by atoms with Crippen LogP contribution in [0.1, 0.15) is 46.0 Å². The van der Waals surface area contributed by atoms with Crippen molar-refractivity contribution in [2.24, 2.45) is 34.5 Å². The molecular formula is C22H33NO5. The second-order valence-electron chi connectivity index (χ2n) is 10.8. The zero-order valence-corrected chi connectivity index (χ0v) is 17.1. The average molecular weight is 392 g/mol. The minimum Gasteiger partial charge on any atom is -0.462 e. The molecule has 156 valence electrons. The van der Waals surface area contributed by atoms with Gasteiger partial charge >= 0.3 is 5.97 Å². The molecule has 9 bridgehead atoms. The summed E-state index contributed by atoms with van der Waals surface area (Å²) in [6.07, 6.45) is 3.38. The van der Waals surface area contributed by atoms with Crippen molar-refractivity contribution >= 4 is 5.97 Å². The van der Waals surface area contributed by atoms with Gasteiger partial charge in [0.25, 0.3) is 0 Å². The molecule has 2 N–H and O–H groups in total. The Labute approximate surface area is 166 Å². The third kappa shape index (κ3) is 1.68. The number of hydrogen-bond donors (Lipinski definition) is 2. The number of carbonyl (C=O) groups is 1. The highest BCUT2D eigenvalue weighted by Crippen LogP contribution is 2.77. The van der Waals surface area contributed by atoms with Gasteiger partial charge < -0.3 is 19.7 Å². The number of carbonyl (C=O) groups excluding carboxylic acids is 1. The van der Waals surface area contributed by atoms with Gasteiger partial charge in [0.05, 0.1) is 23.7 Å². The van der Waals surface area contributed by atoms with E-state index < -0.39 is 17.6 Å². The van der Waals surface area contributed by atoms with Crippen molar-refractivity contribution in [3.8, 4) is 0 Å². The molecular weight excluding hydrogens is 358 g/mol. The first-order valence-electron chi connectivity index (χ1n) is 11.2. The van der Waals surface area contributed by atoms with Crippen LogP contribution in [0.2, 0.25) is 0 Å². The Morgan fingerprint density at radius 2 is 2.11 bits per heavy atom. The molecule has 0 amide bonds. The van der Waals surface area contributed by atoms with Crippen molar-refractivity contribution in [2.75, 3.05) is 20.2 Å². The number of methoxy groups -OCH3 is 1. The van der Waals surface area contributed by atoms with Crippen LogP contribution in [0.3, 0.4) is 0 Å². The number of hydrogen-bond acceptors (Lipinski definition) is 6. The summed E-state index contributed by atoms with van der Waals surface area (Å²) in [4.78, 5) is 15.6. The fraction of sp³-hybridized carbons (Fsp3) is 0.955. The van der Waals surface area contributed by atoms with E-state index in [9.17, 15) is 15.0 Å². The molecule has 11 atom stereocenters. The van der Waals surface area contributed by atoms with Crippen LogP contribution in [0.25, 0.3) is 0 Å². The molecule has 7 fully saturated rings. The molecule has 0 aromatic heterocycles. The van der Waals surface area contributed by atoms with Crippen LogP contribution in [0.4, 0.5) is 0 Å². The van der Waals surface area contributed by atoms with E-state index in [4.69, 9.17) is 9.47 Å². The van der Waals surface area contributed by atoms with Crippen LogP contribution in [0.5, 0.6) is 0 Å². The number of fused-ring (bicyclic) bond motifs is 2. The molecule has 3 aliphatic heterocycles. The molecule has 3 saturated heterocycles. The molecule has 7 rings (SSSR count). The van der Waals surface area contributed by atoms with Crippen molar-refractivity contribution in [3.63, 3.8) is 0 Å². The van der Waals surface area contributed by atoms with E-state index in [1.807, 2.05) is 0 Å². The van der Waals surface area contributed by atoms with Gasteiger partial charge in [0.1, 0.15) is 6.10 Å². The topological polar surface area (TPSA) is 79.2 Å². The molecule has 0 radical (unpaired) electrons. The Balaban J connectivity index is 1.66. The summed E-state index contributed by atoms with van der Waals surface area (Å²) in [5, 5.41) is 23.9. The molecule has 4 saturated carbocycles. The van der Waals surface area contributed by atoms with Gasteiger partial charge in [-0.1, -0.05) is 13.8 Å². The lowest BCUT2D eigenvalue weighted by molar-refractivity contribution is -0.269. The summed E-state index contributed by atoms with van der Waals surface area (Å²) in [5.41, 5.74) is -1.46. The lowest BCUT2D eigenvalue weighted by Gasteiger charge is -2.69. The molecule has 0 aromatic rings. The third-order valence-corrected chi connectivity index (χ3v) is 10.1. The van der Waals surface area contributed by atoms with E-state index >= 15 is 0 Å². The maximum absolute atomic E-state index is 13.1. The maximum Gasteiger partial charge on any atom is 0.312 e. The van der Waals surface area contributed by atoms with Gasteiger partial charge in [-0.05, 0) is 50.0 Å². The van der Waals surface area contributed by atoms with Crippen LogP contribution in [-0.2, 0) is 14.3 Å². The fourth-order valence-electron chi connectivity index (χ4n) is 9.64. The van der Waals surface area contributed by atoms with E-state index in [2.05, 4.69) is 18.7 Å². The Morgan fingerprint density at radius 1 is 1.32 bits per heavy atom. The average Bonchev–Trinajstić information content (AvgIpc) is 2.73. The smallest absolute Gasteiger partial charge is 0.312 e. The lowest BCUT2D eigenvalue weighted by atomic mass is 9.42. The van der Waals surface area contributed by atoms with E-state index in [0.29, 0.717) is 12.8 Å². The summed E-state index contributed by atoms with van der Waals surface area (Å²) in [6.45, 7) is 6.38. The number of rotatable bonds is 2. The number of ether oxygens (including phenoxy) is 2. The number of aliphatic hydroxyl groups excluding tert-OH is 1. The second-order valence-corrected chi connectivity index (χ2v) is 10.8. The first-order chi connectivity index (χ1) is 13.3. The predicted molar refractivity (Wildman–Crippen MR) is 100 cm³/mol. The standard InChI is InChI=1S/C22H33NO5/c1-4-23-10-20(2)7-6-13(27-3)22-12-9-11-5-8-21(26,14(12)19(25)28-11)15(18(22)23)16(24)17(20)22/h11-18,24,26H,4-10H2,1-3H3/t11-,12-,13+,14-,15-,16-,17-,18?,20+,21-,22+/m1/s1. The van der Waals surface area contributed by atoms with Gasteiger partial charge in [-0.3, -0.25) is 9.69 Å². The van der Waals surface area contributed by atoms with E-state index in [1.54, 1.807) is 7.11 Å². The van der Waals surface area contributed by atoms with Crippen molar-refractivity contribution in [2.45, 2.75) is 75.9 Å². The lowest BCUT2D eigenvalue weighted by Crippen LogP contribution is -2.76. The van der Waals surface area contributed by atoms with Gasteiger partial charge in [-0.2, -0.15) is 0 Å². The summed E-state index contributed by atoms with van der Waals surface area (Å²) < 4.78 is 11.9. The summed E-state index contributed by atoms with van der Waals surface area (Å²) in [6, 6.07) is 0.0757. The van der Waals surface area contributed by atoms with Gasteiger partial charge in [-0.15, -0.1) is 0 Å². The largest absolute Gasteiger partial charge is 0.462 e. The maximum atomic E-state index is 13.1. The van der Waals surface area contributed by atoms with E-state index in [1.165, 1.54) is 0 Å². The summed E-state index contributed by atoms with van der Waals surface area (Å²) >= 11 is 0. The van der Waals surface area contributed by atoms with E-state index in [-0.39, 0.29) is 52.8 Å². The van der Waals surface area contributed by atoms with Crippen LogP contribution >= 0.6 is 0 Å². The summed E-state index contributed by atoms with van der Waals surface area (Å²) in [5.74, 6) is -0.969. The Morgan fingerprint density at radius 3 is 2.82 bits per heavy atom. The highest BCUT2D eigenvalue weighted by Gasteiger charge is 2.84. The Kier molecular flexibility index (Phi) is 3.44. The number of esters is 1. The molecule has 1 spiro atoms. The van der Waals surface area contributed by atoms with Crippen molar-refractivity contribution in [1.29, 1.82) is 0 Å². The number of piperidine rings is 1. The van der Waals surface area contributed by atoms with Crippen molar-refractivity contribution in [3.05, 3.63) is 0 Å². The highest BCUT2D eigenvalue weighted by molar-refractivity contribution is 5.77. The van der Waals surface area contributed by atoms with Crippen molar-refractivity contribution < 1.29 is 24.5 Å². The second kappa shape index (κ2) is 5.32. The van der Waals surface area contributed by atoms with E-state index in [0.717, 1.165) is 32.4 Å². The van der Waals surface area contributed by atoms with Gasteiger partial charge in [0, 0.05) is 36.9 Å². The Bertz CT molecular complexity index is 730. The number of aliphatic hydroxyl groups is 2. The molecule has 1 unspecified atom stereocenters. The number of likely N-dealkylation sites (tertiary alicyclic amines) is 1. The first-order valence-corrected chi connectivity index (χ1v) is 11.2. The predicted octanol–water partition coefficient (Wildman–Crippen LogP) is 1.19. The quantitative estimate of drug-likeness (QED) is 0.689. The normalized spacial score (nSPS) is 61.8. The monoisotopic (exact) mass is 391 g/mol. The minimum absolute atomic E-state index is 0.0123. The third-order valence-electron chi connectivity index (χ3n) is 10.1. The zero-order valence-electron chi connectivity index (χ0n) is 17.1. The van der Waals surface area contributed by atoms with Crippen LogP contribution < -0.4 is 0 Å². The van der Waals surface area contributed by atoms with Crippen molar-refractivity contribution in [1.82, 2.24) is 4.90 Å². The molecule has 4 aliphatic carbocycles. The van der Waals surface area contributed by atoms with Crippen LogP contribution in [0.15, 0.2) is 0 Å². The molecule has 6 heteroatoms. The minimum atomic E-state index is -1.17. The molecule has 7 aliphatic rings. The highest BCUT2D eigenvalue weighted by atomic mass is 16.5. The fourth-order valence-corrected chi connectivity index (χ4v) is 9.64. The molecule has 3 heterocycles. The number of nitrogens with zero attached hydrogens (tertiary/aromatic N) is 1. The van der Waals surface area contributed by atoms with Crippen LogP contribution in [-0.4, -0.2) is 71.2 Å². The first kappa shape index (κ1) is 18.1. The summed E-state index contributed by atoms with van der Waals surface area (Å²) in [7, 11) is 1.79. The Hall–Kier alpha value is -0.690. The molecule has 28 heavy (non-hydrogen) atoms. The zero-order chi connectivity index (χ0) is 19.6. The molecule has 0 aromatic carbocycles. The van der Waals surface area contributed by atoms with Gasteiger partial charge in [-0.25, -0.2) is 0 Å². The SMILES string of the molecule is CCN1C[C@]2(C)CC[C@H](OC)[C@]34C1[C@@H]([C@@H](O)[C@H]23)[C@@]1(O)CC[C@@H]2C[C@@H]4[C@@H]1C(=O)O2. The van der Waals surface area contributed by atoms with Gasteiger partial charge in [0.2, 0.25) is 0 Å². The van der Waals surface area contributed by atoms with Crippen LogP contribution in [0, 0.1) is 34.5 Å². The molecule has 6 nitrogen and oxygen atoms in total.